The van der Waals surface area contributed by atoms with E-state index in [4.69, 9.17) is 0 Å². The minimum atomic E-state index is -0.748. The van der Waals surface area contributed by atoms with Gasteiger partial charge in [0.2, 0.25) is 5.91 Å². The number of fused-ring (bicyclic) bond motifs is 1. The van der Waals surface area contributed by atoms with E-state index in [2.05, 4.69) is 15.5 Å². The van der Waals surface area contributed by atoms with Gasteiger partial charge in [0.05, 0.1) is 17.0 Å². The van der Waals surface area contributed by atoms with Gasteiger partial charge in [-0.2, -0.15) is 10.2 Å². The number of nitrogens with one attached hydrogen (secondary N) is 2. The van der Waals surface area contributed by atoms with Crippen LogP contribution in [0.2, 0.25) is 0 Å². The molecule has 0 aromatic carbocycles. The highest BCUT2D eigenvalue weighted by Crippen LogP contribution is 2.43. The average Bonchev–Trinajstić information content (AvgIpc) is 3.35. The maximum absolute atomic E-state index is 13.0. The summed E-state index contributed by atoms with van der Waals surface area (Å²) in [5.74, 6) is 0.273. The zero-order valence-corrected chi connectivity index (χ0v) is 16.2. The summed E-state index contributed by atoms with van der Waals surface area (Å²) in [7, 11) is 0. The lowest BCUT2D eigenvalue weighted by Crippen LogP contribution is -2.54. The third-order valence-electron chi connectivity index (χ3n) is 5.40. The van der Waals surface area contributed by atoms with Gasteiger partial charge in [-0.25, -0.2) is 9.20 Å². The molecule has 0 aliphatic heterocycles. The van der Waals surface area contributed by atoms with Crippen LogP contribution in [0.5, 0.6) is 0 Å². The molecular weight excluding hydrogens is 364 g/mol. The predicted octanol–water partition coefficient (Wildman–Crippen LogP) is 0.831. The SMILES string of the molecule is CC(C)c1nn(CC(=O)NC2CC(C)(O)C2)c(=O)c2c(N[O-])c(C3CC3)nn12. The molecule has 28 heavy (non-hydrogen) atoms. The molecular formula is C18H25N6O4-. The zero-order chi connectivity index (χ0) is 20.2. The van der Waals surface area contributed by atoms with Crippen molar-refractivity contribution in [3.63, 3.8) is 0 Å². The van der Waals surface area contributed by atoms with E-state index in [9.17, 15) is 19.9 Å². The van der Waals surface area contributed by atoms with Crippen molar-refractivity contribution in [1.82, 2.24) is 24.7 Å². The summed E-state index contributed by atoms with van der Waals surface area (Å²) >= 11 is 0. The lowest BCUT2D eigenvalue weighted by molar-refractivity contribution is -0.125. The third kappa shape index (κ3) is 3.26. The monoisotopic (exact) mass is 389 g/mol. The molecule has 0 bridgehead atoms. The van der Waals surface area contributed by atoms with E-state index in [1.807, 2.05) is 19.3 Å². The van der Waals surface area contributed by atoms with E-state index in [0.29, 0.717) is 24.4 Å². The first kappa shape index (κ1) is 18.9. The van der Waals surface area contributed by atoms with Crippen LogP contribution in [0.3, 0.4) is 0 Å². The van der Waals surface area contributed by atoms with E-state index in [-0.39, 0.29) is 41.5 Å². The second-order valence-electron chi connectivity index (χ2n) is 8.54. The van der Waals surface area contributed by atoms with Gasteiger partial charge in [0, 0.05) is 17.9 Å². The topological polar surface area (TPSA) is 137 Å². The Morgan fingerprint density at radius 2 is 2.04 bits per heavy atom. The number of aliphatic hydroxyl groups is 1. The molecule has 0 spiro atoms. The second kappa shape index (κ2) is 6.56. The van der Waals surface area contributed by atoms with Gasteiger partial charge in [-0.05, 0) is 32.6 Å². The highest BCUT2D eigenvalue weighted by molar-refractivity contribution is 5.78. The summed E-state index contributed by atoms with van der Waals surface area (Å²) in [5.41, 5.74) is 1.51. The third-order valence-corrected chi connectivity index (χ3v) is 5.40. The first-order valence-corrected chi connectivity index (χ1v) is 9.63. The molecule has 4 rings (SSSR count). The van der Waals surface area contributed by atoms with Crippen LogP contribution in [0.1, 0.15) is 69.8 Å². The van der Waals surface area contributed by atoms with Crippen molar-refractivity contribution in [2.45, 2.75) is 76.5 Å². The quantitative estimate of drug-likeness (QED) is 0.622. The Bertz CT molecular complexity index is 980. The largest absolute Gasteiger partial charge is 0.761 e. The maximum atomic E-state index is 13.0. The molecule has 2 fully saturated rings. The fraction of sp³-hybridized carbons (Fsp3) is 0.667. The molecule has 2 aromatic rings. The summed E-state index contributed by atoms with van der Waals surface area (Å²) in [5, 5.41) is 33.0. The van der Waals surface area contributed by atoms with Gasteiger partial charge in [-0.1, -0.05) is 13.8 Å². The normalized spacial score (nSPS) is 24.4. The molecule has 0 saturated heterocycles. The van der Waals surface area contributed by atoms with Crippen LogP contribution < -0.4 is 16.4 Å². The summed E-state index contributed by atoms with van der Waals surface area (Å²) < 4.78 is 2.54. The van der Waals surface area contributed by atoms with Crippen molar-refractivity contribution >= 4 is 17.1 Å². The van der Waals surface area contributed by atoms with Gasteiger partial charge >= 0.3 is 0 Å². The molecule has 2 aliphatic carbocycles. The minimum absolute atomic E-state index is 0.0643. The number of anilines is 1. The second-order valence-corrected chi connectivity index (χ2v) is 8.54. The van der Waals surface area contributed by atoms with Gasteiger partial charge in [0.25, 0.3) is 5.56 Å². The first-order chi connectivity index (χ1) is 13.2. The summed E-state index contributed by atoms with van der Waals surface area (Å²) in [6, 6.07) is -0.109. The van der Waals surface area contributed by atoms with Crippen molar-refractivity contribution < 1.29 is 9.90 Å². The molecule has 152 valence electrons. The average molecular weight is 389 g/mol. The van der Waals surface area contributed by atoms with Crippen molar-refractivity contribution in [3.8, 4) is 0 Å². The standard InChI is InChI=1S/C18H25N6O4/c1-9(2)16-21-23(8-12(25)19-11-6-18(3,27)7-11)17(26)15-14(22-28)13(10-4-5-10)20-24(15)16/h9-11,22,27H,4-8H2,1-3H3,(H,19,25)/q-1. The molecule has 1 amide bonds. The Labute approximate surface area is 161 Å². The number of carbonyl (C=O) groups is 1. The van der Waals surface area contributed by atoms with Crippen LogP contribution in [-0.2, 0) is 11.3 Å². The molecule has 0 radical (unpaired) electrons. The first-order valence-electron chi connectivity index (χ1n) is 9.63. The Hall–Kier alpha value is -2.46. The van der Waals surface area contributed by atoms with Crippen LogP contribution >= 0.6 is 0 Å². The zero-order valence-electron chi connectivity index (χ0n) is 16.2. The van der Waals surface area contributed by atoms with Gasteiger partial charge in [-0.3, -0.25) is 9.59 Å². The van der Waals surface area contributed by atoms with Crippen molar-refractivity contribution in [3.05, 3.63) is 27.1 Å². The van der Waals surface area contributed by atoms with E-state index < -0.39 is 11.2 Å². The number of amides is 1. The van der Waals surface area contributed by atoms with Crippen molar-refractivity contribution in [2.24, 2.45) is 0 Å². The molecule has 0 unspecified atom stereocenters. The molecule has 2 saturated carbocycles. The number of nitrogens with zero attached hydrogens (tertiary/aromatic N) is 4. The number of aromatic nitrogens is 4. The minimum Gasteiger partial charge on any atom is -0.761 e. The molecule has 2 heterocycles. The van der Waals surface area contributed by atoms with E-state index >= 15 is 0 Å². The Balaban J connectivity index is 1.69. The van der Waals surface area contributed by atoms with Crippen LogP contribution in [0.25, 0.3) is 5.52 Å². The Kier molecular flexibility index (Phi) is 4.42. The van der Waals surface area contributed by atoms with Gasteiger partial charge in [0.15, 0.2) is 11.3 Å². The lowest BCUT2D eigenvalue weighted by Gasteiger charge is -2.41. The van der Waals surface area contributed by atoms with Crippen molar-refractivity contribution in [2.75, 3.05) is 5.48 Å². The summed E-state index contributed by atoms with van der Waals surface area (Å²) in [6.07, 6.45) is 2.83. The van der Waals surface area contributed by atoms with E-state index in [0.717, 1.165) is 17.5 Å². The fourth-order valence-corrected chi connectivity index (χ4v) is 3.86. The summed E-state index contributed by atoms with van der Waals surface area (Å²) in [4.78, 5) is 25.4. The van der Waals surface area contributed by atoms with E-state index in [1.54, 1.807) is 6.92 Å². The lowest BCUT2D eigenvalue weighted by atomic mass is 9.77. The van der Waals surface area contributed by atoms with Crippen LogP contribution in [-0.4, -0.2) is 42.1 Å². The number of hydrogen-bond donors (Lipinski definition) is 3. The predicted molar refractivity (Wildman–Crippen MR) is 102 cm³/mol. The van der Waals surface area contributed by atoms with Gasteiger partial charge in [0.1, 0.15) is 6.54 Å². The highest BCUT2D eigenvalue weighted by Gasteiger charge is 2.39. The number of rotatable bonds is 6. The Morgan fingerprint density at radius 1 is 1.36 bits per heavy atom. The van der Waals surface area contributed by atoms with Crippen LogP contribution in [0.4, 0.5) is 5.69 Å². The Morgan fingerprint density at radius 3 is 2.57 bits per heavy atom. The van der Waals surface area contributed by atoms with Gasteiger partial charge in [-0.15, -0.1) is 0 Å². The number of hydrogen-bond acceptors (Lipinski definition) is 7. The maximum Gasteiger partial charge on any atom is 0.295 e. The molecule has 10 heteroatoms. The molecule has 0 atom stereocenters. The highest BCUT2D eigenvalue weighted by atomic mass is 16.5. The van der Waals surface area contributed by atoms with Crippen LogP contribution in [0, 0.1) is 5.21 Å². The molecule has 10 nitrogen and oxygen atoms in total. The molecule has 2 aromatic heterocycles. The van der Waals surface area contributed by atoms with E-state index in [1.165, 1.54) is 4.52 Å². The number of carbonyl (C=O) groups excluding carboxylic acids is 1. The van der Waals surface area contributed by atoms with Crippen molar-refractivity contribution in [1.29, 1.82) is 0 Å². The van der Waals surface area contributed by atoms with Crippen LogP contribution in [0.15, 0.2) is 4.79 Å². The molecule has 3 N–H and O–H groups in total. The fourth-order valence-electron chi connectivity index (χ4n) is 3.86. The smallest absolute Gasteiger partial charge is 0.295 e. The van der Waals surface area contributed by atoms with Gasteiger partial charge < -0.3 is 21.1 Å². The molecule has 2 aliphatic rings. The summed E-state index contributed by atoms with van der Waals surface area (Å²) in [6.45, 7) is 5.29.